The summed E-state index contributed by atoms with van der Waals surface area (Å²) in [5, 5.41) is 11.9. The van der Waals surface area contributed by atoms with Crippen LogP contribution in [0.4, 0.5) is 5.69 Å². The van der Waals surface area contributed by atoms with Crippen LogP contribution in [-0.2, 0) is 0 Å². The van der Waals surface area contributed by atoms with Gasteiger partial charge in [-0.15, -0.1) is 0 Å². The van der Waals surface area contributed by atoms with Crippen molar-refractivity contribution >= 4 is 11.5 Å². The van der Waals surface area contributed by atoms with E-state index in [1.54, 1.807) is 0 Å². The van der Waals surface area contributed by atoms with Crippen molar-refractivity contribution in [1.29, 1.82) is 0 Å². The second kappa shape index (κ2) is 5.96. The van der Waals surface area contributed by atoms with E-state index in [1.165, 1.54) is 31.4 Å². The smallest absolute Gasteiger partial charge is 0.170 e. The topological polar surface area (TPSA) is 61.8 Å². The lowest BCUT2D eigenvalue weighted by molar-refractivity contribution is 0.222. The number of hydrogen-bond acceptors (Lipinski definition) is 3. The predicted molar refractivity (Wildman–Crippen MR) is 88.1 cm³/mol. The summed E-state index contributed by atoms with van der Waals surface area (Å²) in [4.78, 5) is 2.37. The highest BCUT2D eigenvalue weighted by atomic mass is 16.4. The Kier molecular flexibility index (Phi) is 4.45. The largest absolute Gasteiger partial charge is 0.409 e. The SMILES string of the molecule is Cc1cc(N(C)C2CCC(C)(C)CC2)ccc1/C(N)=N/O. The highest BCUT2D eigenvalue weighted by Gasteiger charge is 2.29. The summed E-state index contributed by atoms with van der Waals surface area (Å²) in [5.41, 5.74) is 9.19. The van der Waals surface area contributed by atoms with Gasteiger partial charge in [-0.05, 0) is 61.8 Å². The molecular weight excluding hydrogens is 262 g/mol. The molecule has 3 N–H and O–H groups in total. The van der Waals surface area contributed by atoms with Gasteiger partial charge in [0.15, 0.2) is 5.84 Å². The Hall–Kier alpha value is -1.71. The van der Waals surface area contributed by atoms with Crippen molar-refractivity contribution in [3.63, 3.8) is 0 Å². The van der Waals surface area contributed by atoms with Crippen molar-refractivity contribution in [2.45, 2.75) is 52.5 Å². The van der Waals surface area contributed by atoms with Crippen molar-refractivity contribution in [2.24, 2.45) is 16.3 Å². The first-order valence-electron chi connectivity index (χ1n) is 7.65. The molecule has 1 saturated carbocycles. The van der Waals surface area contributed by atoms with E-state index < -0.39 is 0 Å². The molecule has 0 heterocycles. The van der Waals surface area contributed by atoms with E-state index >= 15 is 0 Å². The van der Waals surface area contributed by atoms with E-state index in [1.807, 2.05) is 13.0 Å². The third-order valence-corrected chi connectivity index (χ3v) is 4.86. The Morgan fingerprint density at radius 3 is 2.48 bits per heavy atom. The Morgan fingerprint density at radius 1 is 1.33 bits per heavy atom. The van der Waals surface area contributed by atoms with E-state index in [-0.39, 0.29) is 5.84 Å². The third kappa shape index (κ3) is 3.49. The number of amidine groups is 1. The Balaban J connectivity index is 2.13. The van der Waals surface area contributed by atoms with Crippen LogP contribution in [0.25, 0.3) is 0 Å². The van der Waals surface area contributed by atoms with E-state index in [9.17, 15) is 0 Å². The van der Waals surface area contributed by atoms with Crippen LogP contribution in [-0.4, -0.2) is 24.1 Å². The summed E-state index contributed by atoms with van der Waals surface area (Å²) in [7, 11) is 2.17. The molecule has 0 atom stereocenters. The van der Waals surface area contributed by atoms with Gasteiger partial charge in [-0.3, -0.25) is 0 Å². The Bertz CT molecular complexity index is 527. The van der Waals surface area contributed by atoms with Gasteiger partial charge < -0.3 is 15.8 Å². The van der Waals surface area contributed by atoms with Crippen LogP contribution in [0.1, 0.15) is 50.7 Å². The fourth-order valence-electron chi connectivity index (χ4n) is 3.19. The molecule has 0 bridgehead atoms. The predicted octanol–water partition coefficient (Wildman–Crippen LogP) is 3.49. The molecule has 116 valence electrons. The van der Waals surface area contributed by atoms with E-state index in [0.717, 1.165) is 11.1 Å². The molecule has 0 saturated heterocycles. The van der Waals surface area contributed by atoms with Crippen LogP contribution in [0.15, 0.2) is 23.4 Å². The summed E-state index contributed by atoms with van der Waals surface area (Å²) in [5.74, 6) is 0.168. The normalized spacial score (nSPS) is 19.5. The zero-order chi connectivity index (χ0) is 15.6. The minimum absolute atomic E-state index is 0.168. The van der Waals surface area contributed by atoms with Gasteiger partial charge in [0.25, 0.3) is 0 Å². The second-order valence-corrected chi connectivity index (χ2v) is 6.99. The summed E-state index contributed by atoms with van der Waals surface area (Å²) < 4.78 is 0. The molecule has 0 aliphatic heterocycles. The molecule has 1 fully saturated rings. The van der Waals surface area contributed by atoms with Crippen LogP contribution in [0.3, 0.4) is 0 Å². The van der Waals surface area contributed by atoms with Crippen molar-refractivity contribution in [3.8, 4) is 0 Å². The first-order chi connectivity index (χ1) is 9.84. The lowest BCUT2D eigenvalue weighted by Crippen LogP contribution is -2.37. The van der Waals surface area contributed by atoms with Crippen LogP contribution in [0, 0.1) is 12.3 Å². The van der Waals surface area contributed by atoms with E-state index in [4.69, 9.17) is 10.9 Å². The monoisotopic (exact) mass is 289 g/mol. The summed E-state index contributed by atoms with van der Waals surface area (Å²) in [6, 6.07) is 6.71. The number of aryl methyl sites for hydroxylation is 1. The van der Waals surface area contributed by atoms with Crippen LogP contribution in [0.2, 0.25) is 0 Å². The first kappa shape index (κ1) is 15.7. The molecule has 4 nitrogen and oxygen atoms in total. The molecule has 1 aliphatic carbocycles. The lowest BCUT2D eigenvalue weighted by atomic mass is 9.75. The Labute approximate surface area is 127 Å². The number of benzene rings is 1. The number of anilines is 1. The zero-order valence-electron chi connectivity index (χ0n) is 13.6. The van der Waals surface area contributed by atoms with Crippen molar-refractivity contribution in [3.05, 3.63) is 29.3 Å². The van der Waals surface area contributed by atoms with Crippen LogP contribution in [0.5, 0.6) is 0 Å². The van der Waals surface area contributed by atoms with Gasteiger partial charge in [-0.25, -0.2) is 0 Å². The summed E-state index contributed by atoms with van der Waals surface area (Å²) in [6.07, 6.45) is 5.04. The molecule has 0 spiro atoms. The Morgan fingerprint density at radius 2 is 1.95 bits per heavy atom. The van der Waals surface area contributed by atoms with Gasteiger partial charge >= 0.3 is 0 Å². The first-order valence-corrected chi connectivity index (χ1v) is 7.65. The number of nitrogens with zero attached hydrogens (tertiary/aromatic N) is 2. The molecule has 1 aromatic carbocycles. The molecule has 0 radical (unpaired) electrons. The quantitative estimate of drug-likeness (QED) is 0.387. The minimum atomic E-state index is 0.168. The van der Waals surface area contributed by atoms with Gasteiger partial charge in [-0.2, -0.15) is 0 Å². The lowest BCUT2D eigenvalue weighted by Gasteiger charge is -2.39. The summed E-state index contributed by atoms with van der Waals surface area (Å²) >= 11 is 0. The molecule has 1 aromatic rings. The van der Waals surface area contributed by atoms with Crippen LogP contribution < -0.4 is 10.6 Å². The minimum Gasteiger partial charge on any atom is -0.409 e. The highest BCUT2D eigenvalue weighted by Crippen LogP contribution is 2.37. The number of nitrogens with two attached hydrogens (primary N) is 1. The van der Waals surface area contributed by atoms with Gasteiger partial charge in [0.05, 0.1) is 0 Å². The van der Waals surface area contributed by atoms with Crippen molar-refractivity contribution < 1.29 is 5.21 Å². The molecule has 4 heteroatoms. The standard InChI is InChI=1S/C17H27N3O/c1-12-11-14(5-6-15(12)16(18)19-21)20(4)13-7-9-17(2,3)10-8-13/h5-6,11,13,21H,7-10H2,1-4H3,(H2,18,19). The number of hydrogen-bond donors (Lipinski definition) is 2. The molecule has 0 unspecified atom stereocenters. The van der Waals surface area contributed by atoms with E-state index in [0.29, 0.717) is 11.5 Å². The molecule has 0 amide bonds. The molecule has 21 heavy (non-hydrogen) atoms. The molecular formula is C17H27N3O. The van der Waals surface area contributed by atoms with Gasteiger partial charge in [-0.1, -0.05) is 19.0 Å². The zero-order valence-corrected chi connectivity index (χ0v) is 13.6. The fourth-order valence-corrected chi connectivity index (χ4v) is 3.19. The van der Waals surface area contributed by atoms with Gasteiger partial charge in [0.1, 0.15) is 0 Å². The highest BCUT2D eigenvalue weighted by molar-refractivity contribution is 5.98. The second-order valence-electron chi connectivity index (χ2n) is 6.99. The number of rotatable bonds is 3. The van der Waals surface area contributed by atoms with Crippen molar-refractivity contribution in [2.75, 3.05) is 11.9 Å². The molecule has 1 aliphatic rings. The molecule has 2 rings (SSSR count). The maximum absolute atomic E-state index is 8.80. The van der Waals surface area contributed by atoms with Crippen LogP contribution >= 0.6 is 0 Å². The van der Waals surface area contributed by atoms with Crippen molar-refractivity contribution in [1.82, 2.24) is 0 Å². The van der Waals surface area contributed by atoms with Gasteiger partial charge in [0, 0.05) is 24.3 Å². The fraction of sp³-hybridized carbons (Fsp3) is 0.588. The maximum atomic E-state index is 8.80. The number of oxime groups is 1. The average molecular weight is 289 g/mol. The average Bonchev–Trinajstić information content (AvgIpc) is 2.45. The molecule has 0 aromatic heterocycles. The third-order valence-electron chi connectivity index (χ3n) is 4.86. The maximum Gasteiger partial charge on any atom is 0.170 e. The van der Waals surface area contributed by atoms with Gasteiger partial charge in [0.2, 0.25) is 0 Å². The van der Waals surface area contributed by atoms with E-state index in [2.05, 4.69) is 43.1 Å². The summed E-state index contributed by atoms with van der Waals surface area (Å²) in [6.45, 7) is 6.72.